The highest BCUT2D eigenvalue weighted by Crippen LogP contribution is 2.34. The number of aromatic amines is 2. The monoisotopic (exact) mass is 367 g/mol. The first-order valence-electron chi connectivity index (χ1n) is 8.98. The van der Waals surface area contributed by atoms with Crippen LogP contribution in [0.2, 0.25) is 0 Å². The number of nitrogens with zero attached hydrogens (tertiary/aromatic N) is 2. The summed E-state index contributed by atoms with van der Waals surface area (Å²) in [7, 11) is 0. The van der Waals surface area contributed by atoms with E-state index >= 15 is 0 Å². The van der Waals surface area contributed by atoms with Crippen molar-refractivity contribution in [3.8, 4) is 11.1 Å². The maximum absolute atomic E-state index is 12.7. The Bertz CT molecular complexity index is 1330. The molecule has 28 heavy (non-hydrogen) atoms. The average molecular weight is 367 g/mol. The summed E-state index contributed by atoms with van der Waals surface area (Å²) >= 11 is 0. The molecule has 0 unspecified atom stereocenters. The number of nitrogens with one attached hydrogen (secondary N) is 3. The summed E-state index contributed by atoms with van der Waals surface area (Å²) in [6.45, 7) is 1.86. The van der Waals surface area contributed by atoms with E-state index in [1.54, 1.807) is 12.3 Å². The highest BCUT2D eigenvalue weighted by molar-refractivity contribution is 6.09. The predicted molar refractivity (Wildman–Crippen MR) is 110 cm³/mol. The Morgan fingerprint density at radius 1 is 1.00 bits per heavy atom. The Morgan fingerprint density at radius 2 is 1.89 bits per heavy atom. The van der Waals surface area contributed by atoms with E-state index in [1.807, 2.05) is 49.5 Å². The van der Waals surface area contributed by atoms with Gasteiger partial charge in [-0.25, -0.2) is 4.98 Å². The van der Waals surface area contributed by atoms with Crippen LogP contribution in [0.1, 0.15) is 16.2 Å². The molecular formula is C22H17N5O. The van der Waals surface area contributed by atoms with Crippen LogP contribution in [-0.2, 0) is 0 Å². The molecule has 3 heterocycles. The highest BCUT2D eigenvalue weighted by Gasteiger charge is 2.14. The zero-order valence-corrected chi connectivity index (χ0v) is 15.2. The van der Waals surface area contributed by atoms with Crippen LogP contribution in [-0.4, -0.2) is 26.1 Å². The Labute approximate surface area is 160 Å². The molecule has 3 N–H and O–H groups in total. The smallest absolute Gasteiger partial charge is 0.274 e. The van der Waals surface area contributed by atoms with Crippen molar-refractivity contribution in [3.63, 3.8) is 0 Å². The van der Waals surface area contributed by atoms with E-state index in [2.05, 4.69) is 37.6 Å². The van der Waals surface area contributed by atoms with E-state index in [-0.39, 0.29) is 5.91 Å². The lowest BCUT2D eigenvalue weighted by molar-refractivity contribution is 0.102. The van der Waals surface area contributed by atoms with Gasteiger partial charge in [0, 0.05) is 28.2 Å². The fraction of sp³-hybridized carbons (Fsp3) is 0.0455. The molecule has 5 rings (SSSR count). The number of anilines is 1. The number of benzene rings is 2. The molecule has 0 aliphatic carbocycles. The Morgan fingerprint density at radius 3 is 2.79 bits per heavy atom. The van der Waals surface area contributed by atoms with Gasteiger partial charge in [-0.15, -0.1) is 0 Å². The number of aryl methyl sites for hydroxylation is 1. The van der Waals surface area contributed by atoms with Crippen LogP contribution in [0.25, 0.3) is 32.9 Å². The molecular weight excluding hydrogens is 350 g/mol. The second kappa shape index (κ2) is 6.35. The first kappa shape index (κ1) is 16.3. The van der Waals surface area contributed by atoms with E-state index < -0.39 is 0 Å². The zero-order valence-electron chi connectivity index (χ0n) is 15.2. The third-order valence-electron chi connectivity index (χ3n) is 4.83. The maximum atomic E-state index is 12.7. The van der Waals surface area contributed by atoms with Crippen molar-refractivity contribution in [3.05, 3.63) is 78.4 Å². The van der Waals surface area contributed by atoms with Crippen molar-refractivity contribution in [1.82, 2.24) is 20.2 Å². The largest absolute Gasteiger partial charge is 0.361 e. The molecule has 2 aromatic carbocycles. The number of H-pyrrole nitrogens is 2. The van der Waals surface area contributed by atoms with Gasteiger partial charge >= 0.3 is 0 Å². The number of amides is 1. The molecule has 136 valence electrons. The minimum atomic E-state index is -0.247. The first-order valence-corrected chi connectivity index (χ1v) is 8.98. The van der Waals surface area contributed by atoms with Crippen molar-refractivity contribution in [2.24, 2.45) is 0 Å². The van der Waals surface area contributed by atoms with Gasteiger partial charge in [0.15, 0.2) is 0 Å². The predicted octanol–water partition coefficient (Wildman–Crippen LogP) is 4.67. The minimum absolute atomic E-state index is 0.247. The van der Waals surface area contributed by atoms with Gasteiger partial charge in [-0.3, -0.25) is 9.89 Å². The molecule has 6 nitrogen and oxygen atoms in total. The Balaban J connectivity index is 1.62. The van der Waals surface area contributed by atoms with Crippen LogP contribution >= 0.6 is 0 Å². The highest BCUT2D eigenvalue weighted by atomic mass is 16.1. The van der Waals surface area contributed by atoms with E-state index in [1.165, 1.54) is 0 Å². The third-order valence-corrected chi connectivity index (χ3v) is 4.83. The van der Waals surface area contributed by atoms with Gasteiger partial charge in [-0.1, -0.05) is 18.2 Å². The van der Waals surface area contributed by atoms with Gasteiger partial charge in [-0.05, 0) is 54.4 Å². The van der Waals surface area contributed by atoms with Crippen molar-refractivity contribution in [1.29, 1.82) is 0 Å². The van der Waals surface area contributed by atoms with Crippen molar-refractivity contribution >= 4 is 33.4 Å². The Kier molecular flexibility index (Phi) is 3.69. The number of aromatic nitrogens is 4. The number of rotatable bonds is 3. The summed E-state index contributed by atoms with van der Waals surface area (Å²) < 4.78 is 0. The molecule has 0 radical (unpaired) electrons. The summed E-state index contributed by atoms with van der Waals surface area (Å²) in [5.74, 6) is -0.247. The summed E-state index contributed by atoms with van der Waals surface area (Å²) in [6, 6.07) is 17.6. The average Bonchev–Trinajstić information content (AvgIpc) is 3.36. The van der Waals surface area contributed by atoms with Crippen LogP contribution < -0.4 is 5.32 Å². The fourth-order valence-electron chi connectivity index (χ4n) is 3.50. The van der Waals surface area contributed by atoms with Gasteiger partial charge in [0.2, 0.25) is 0 Å². The number of carbonyl (C=O) groups excluding carboxylic acids is 1. The maximum Gasteiger partial charge on any atom is 0.274 e. The topological polar surface area (TPSA) is 86.5 Å². The third kappa shape index (κ3) is 2.72. The second-order valence-electron chi connectivity index (χ2n) is 6.72. The molecule has 1 amide bonds. The molecule has 0 aliphatic heterocycles. The molecule has 0 saturated carbocycles. The molecule has 0 fully saturated rings. The molecule has 6 heteroatoms. The van der Waals surface area contributed by atoms with Crippen LogP contribution in [0.4, 0.5) is 5.69 Å². The van der Waals surface area contributed by atoms with Crippen LogP contribution in [0.5, 0.6) is 0 Å². The van der Waals surface area contributed by atoms with Gasteiger partial charge in [0.25, 0.3) is 5.91 Å². The standard InChI is InChI=1S/C22H17N5O/c1-13-4-2-7-19(25-13)22(28)26-20-10-14(11-21-17(20)12-24-27-21)15-5-3-6-18-16(15)8-9-23-18/h2-12,23H,1H3,(H,24,27)(H,26,28). The van der Waals surface area contributed by atoms with E-state index in [4.69, 9.17) is 0 Å². The Hall–Kier alpha value is -3.93. The number of hydrogen-bond donors (Lipinski definition) is 3. The van der Waals surface area contributed by atoms with Crippen molar-refractivity contribution < 1.29 is 4.79 Å². The lowest BCUT2D eigenvalue weighted by Crippen LogP contribution is -2.14. The van der Waals surface area contributed by atoms with Crippen LogP contribution in [0, 0.1) is 6.92 Å². The lowest BCUT2D eigenvalue weighted by atomic mass is 9.99. The van der Waals surface area contributed by atoms with Crippen LogP contribution in [0.15, 0.2) is 67.0 Å². The van der Waals surface area contributed by atoms with Crippen molar-refractivity contribution in [2.75, 3.05) is 5.32 Å². The van der Waals surface area contributed by atoms with E-state index in [0.29, 0.717) is 11.4 Å². The summed E-state index contributed by atoms with van der Waals surface area (Å²) in [6.07, 6.45) is 3.64. The quantitative estimate of drug-likeness (QED) is 0.433. The number of carbonyl (C=O) groups is 1. The second-order valence-corrected chi connectivity index (χ2v) is 6.72. The molecule has 3 aromatic heterocycles. The molecule has 0 spiro atoms. The molecule has 0 aliphatic rings. The van der Waals surface area contributed by atoms with Gasteiger partial charge < -0.3 is 10.3 Å². The van der Waals surface area contributed by atoms with Gasteiger partial charge in [0.05, 0.1) is 17.4 Å². The van der Waals surface area contributed by atoms with E-state index in [0.717, 1.165) is 38.6 Å². The van der Waals surface area contributed by atoms with Crippen molar-refractivity contribution in [2.45, 2.75) is 6.92 Å². The fourth-order valence-corrected chi connectivity index (χ4v) is 3.50. The normalized spacial score (nSPS) is 11.2. The minimum Gasteiger partial charge on any atom is -0.361 e. The SMILES string of the molecule is Cc1cccc(C(=O)Nc2cc(-c3cccc4[nH]ccc34)cc3[nH]ncc23)n1. The summed E-state index contributed by atoms with van der Waals surface area (Å²) in [5.41, 5.74) is 5.88. The number of fused-ring (bicyclic) bond motifs is 2. The number of hydrogen-bond acceptors (Lipinski definition) is 3. The molecule has 0 saturated heterocycles. The zero-order chi connectivity index (χ0) is 19.1. The van der Waals surface area contributed by atoms with E-state index in [9.17, 15) is 4.79 Å². The molecule has 5 aromatic rings. The molecule has 0 atom stereocenters. The van der Waals surface area contributed by atoms with Crippen LogP contribution in [0.3, 0.4) is 0 Å². The summed E-state index contributed by atoms with van der Waals surface area (Å²) in [5, 5.41) is 12.1. The van der Waals surface area contributed by atoms with Gasteiger partial charge in [-0.2, -0.15) is 5.10 Å². The summed E-state index contributed by atoms with van der Waals surface area (Å²) in [4.78, 5) is 20.3. The lowest BCUT2D eigenvalue weighted by Gasteiger charge is -2.10. The molecule has 0 bridgehead atoms. The first-order chi connectivity index (χ1) is 13.7. The number of pyridine rings is 1. The van der Waals surface area contributed by atoms with Gasteiger partial charge in [0.1, 0.15) is 5.69 Å².